The number of aromatic nitrogens is 3. The van der Waals surface area contributed by atoms with Crippen molar-refractivity contribution in [1.82, 2.24) is 14.8 Å². The Morgan fingerprint density at radius 3 is 3.06 bits per heavy atom. The minimum atomic E-state index is 0.330. The van der Waals surface area contributed by atoms with Crippen molar-refractivity contribution in [2.45, 2.75) is 45.8 Å². The Bertz CT molecular complexity index is 390. The largest absolute Gasteiger partial charge is 0.378 e. The average Bonchev–Trinajstić information content (AvgIpc) is 2.82. The van der Waals surface area contributed by atoms with Crippen molar-refractivity contribution >= 4 is 12.2 Å². The third-order valence-corrected chi connectivity index (χ3v) is 3.13. The highest BCUT2D eigenvalue weighted by Crippen LogP contribution is 2.16. The molecule has 0 aliphatic carbocycles. The topological polar surface area (TPSA) is 42.8 Å². The third kappa shape index (κ3) is 2.71. The molecule has 1 unspecified atom stereocenters. The fraction of sp³-hybridized carbons (Fsp3) is 0.818. The minimum absolute atomic E-state index is 0.330. The molecule has 5 heteroatoms. The molecule has 16 heavy (non-hydrogen) atoms. The van der Waals surface area contributed by atoms with E-state index in [0.717, 1.165) is 36.6 Å². The molecule has 1 aliphatic heterocycles. The van der Waals surface area contributed by atoms with Gasteiger partial charge >= 0.3 is 0 Å². The van der Waals surface area contributed by atoms with Crippen LogP contribution in [-0.4, -0.2) is 27.5 Å². The fourth-order valence-electron chi connectivity index (χ4n) is 2.07. The van der Waals surface area contributed by atoms with E-state index in [1.165, 1.54) is 6.42 Å². The van der Waals surface area contributed by atoms with E-state index in [4.69, 9.17) is 17.0 Å². The van der Waals surface area contributed by atoms with Gasteiger partial charge < -0.3 is 9.30 Å². The standard InChI is InChI=1S/C11H19N3OS/c1-8(2)7-14-10(12-13-11(14)16)6-9-4-3-5-15-9/h8-9H,3-7H2,1-2H3,(H,13,16). The first-order valence-corrected chi connectivity index (χ1v) is 6.33. The van der Waals surface area contributed by atoms with Gasteiger partial charge in [-0.15, -0.1) is 0 Å². The molecule has 0 amide bonds. The Morgan fingerprint density at radius 1 is 1.62 bits per heavy atom. The number of nitrogens with one attached hydrogen (secondary N) is 1. The summed E-state index contributed by atoms with van der Waals surface area (Å²) in [6.45, 7) is 6.19. The molecule has 1 N–H and O–H groups in total. The molecule has 1 atom stereocenters. The maximum absolute atomic E-state index is 5.62. The highest BCUT2D eigenvalue weighted by Gasteiger charge is 2.19. The smallest absolute Gasteiger partial charge is 0.195 e. The molecule has 0 aromatic carbocycles. The van der Waals surface area contributed by atoms with Gasteiger partial charge in [0, 0.05) is 19.6 Å². The van der Waals surface area contributed by atoms with E-state index in [1.807, 2.05) is 0 Å². The van der Waals surface area contributed by atoms with Crippen molar-refractivity contribution in [3.63, 3.8) is 0 Å². The molecule has 1 aromatic heterocycles. The second-order valence-electron chi connectivity index (χ2n) is 4.79. The van der Waals surface area contributed by atoms with Crippen LogP contribution in [0.5, 0.6) is 0 Å². The van der Waals surface area contributed by atoms with Crippen LogP contribution in [0.3, 0.4) is 0 Å². The summed E-state index contributed by atoms with van der Waals surface area (Å²) in [7, 11) is 0. The number of nitrogens with zero attached hydrogens (tertiary/aromatic N) is 2. The molecule has 1 saturated heterocycles. The van der Waals surface area contributed by atoms with E-state index in [1.54, 1.807) is 0 Å². The summed E-state index contributed by atoms with van der Waals surface area (Å²) in [5.74, 6) is 1.61. The minimum Gasteiger partial charge on any atom is -0.378 e. The van der Waals surface area contributed by atoms with E-state index in [2.05, 4.69) is 28.6 Å². The van der Waals surface area contributed by atoms with Gasteiger partial charge in [-0.05, 0) is 31.0 Å². The predicted molar refractivity (Wildman–Crippen MR) is 64.9 cm³/mol. The van der Waals surface area contributed by atoms with E-state index >= 15 is 0 Å². The van der Waals surface area contributed by atoms with Crippen molar-refractivity contribution < 1.29 is 4.74 Å². The van der Waals surface area contributed by atoms with Gasteiger partial charge in [-0.2, -0.15) is 5.10 Å². The van der Waals surface area contributed by atoms with Crippen molar-refractivity contribution in [2.24, 2.45) is 5.92 Å². The molecule has 1 aromatic rings. The van der Waals surface area contributed by atoms with Crippen LogP contribution in [0, 0.1) is 10.7 Å². The molecule has 1 aliphatic rings. The molecular weight excluding hydrogens is 222 g/mol. The zero-order chi connectivity index (χ0) is 11.5. The second-order valence-corrected chi connectivity index (χ2v) is 5.18. The molecule has 0 bridgehead atoms. The molecule has 4 nitrogen and oxygen atoms in total. The third-order valence-electron chi connectivity index (χ3n) is 2.82. The van der Waals surface area contributed by atoms with Crippen molar-refractivity contribution in [3.05, 3.63) is 10.6 Å². The first-order chi connectivity index (χ1) is 7.66. The molecule has 2 rings (SSSR count). The zero-order valence-electron chi connectivity index (χ0n) is 9.90. The average molecular weight is 241 g/mol. The Morgan fingerprint density at radius 2 is 2.44 bits per heavy atom. The summed E-state index contributed by atoms with van der Waals surface area (Å²) in [5, 5.41) is 7.17. The molecule has 1 fully saturated rings. The van der Waals surface area contributed by atoms with Crippen LogP contribution in [0.15, 0.2) is 0 Å². The number of H-pyrrole nitrogens is 1. The Balaban J connectivity index is 2.10. The normalized spacial score (nSPS) is 20.8. The van der Waals surface area contributed by atoms with Gasteiger partial charge in [0.15, 0.2) is 4.77 Å². The van der Waals surface area contributed by atoms with Crippen molar-refractivity contribution in [3.8, 4) is 0 Å². The van der Waals surface area contributed by atoms with Crippen LogP contribution in [0.1, 0.15) is 32.5 Å². The fourth-order valence-corrected chi connectivity index (χ4v) is 2.29. The van der Waals surface area contributed by atoms with Crippen molar-refractivity contribution in [2.75, 3.05) is 6.61 Å². The molecule has 90 valence electrons. The summed E-state index contributed by atoms with van der Waals surface area (Å²) < 4.78 is 8.45. The summed E-state index contributed by atoms with van der Waals surface area (Å²) in [5.41, 5.74) is 0. The molecule has 0 radical (unpaired) electrons. The molecular formula is C11H19N3OS. The Hall–Kier alpha value is -0.680. The van der Waals surface area contributed by atoms with Crippen LogP contribution in [-0.2, 0) is 17.7 Å². The van der Waals surface area contributed by atoms with Crippen LogP contribution in [0.25, 0.3) is 0 Å². The summed E-state index contributed by atoms with van der Waals surface area (Å²) >= 11 is 5.24. The highest BCUT2D eigenvalue weighted by molar-refractivity contribution is 7.71. The van der Waals surface area contributed by atoms with Gasteiger partial charge in [0.25, 0.3) is 0 Å². The van der Waals surface area contributed by atoms with E-state index in [0.29, 0.717) is 12.0 Å². The van der Waals surface area contributed by atoms with Gasteiger partial charge in [-0.25, -0.2) is 0 Å². The molecule has 0 saturated carbocycles. The van der Waals surface area contributed by atoms with E-state index in [-0.39, 0.29) is 0 Å². The van der Waals surface area contributed by atoms with Gasteiger partial charge in [0.2, 0.25) is 0 Å². The maximum atomic E-state index is 5.62. The quantitative estimate of drug-likeness (QED) is 0.823. The second kappa shape index (κ2) is 5.10. The van der Waals surface area contributed by atoms with Crippen LogP contribution < -0.4 is 0 Å². The highest BCUT2D eigenvalue weighted by atomic mass is 32.1. The first kappa shape index (κ1) is 11.8. The van der Waals surface area contributed by atoms with Crippen LogP contribution in [0.2, 0.25) is 0 Å². The van der Waals surface area contributed by atoms with Gasteiger partial charge in [-0.3, -0.25) is 5.10 Å². The lowest BCUT2D eigenvalue weighted by Crippen LogP contribution is -2.15. The van der Waals surface area contributed by atoms with Gasteiger partial charge in [0.05, 0.1) is 6.10 Å². The molecule has 0 spiro atoms. The number of aromatic amines is 1. The lowest BCUT2D eigenvalue weighted by Gasteiger charge is -2.12. The maximum Gasteiger partial charge on any atom is 0.195 e. The van der Waals surface area contributed by atoms with E-state index in [9.17, 15) is 0 Å². The number of hydrogen-bond donors (Lipinski definition) is 1. The number of ether oxygens (including phenoxy) is 1. The van der Waals surface area contributed by atoms with E-state index < -0.39 is 0 Å². The SMILES string of the molecule is CC(C)Cn1c(CC2CCCO2)n[nH]c1=S. The molecule has 2 heterocycles. The Labute approximate surface area is 101 Å². The first-order valence-electron chi connectivity index (χ1n) is 5.92. The summed E-state index contributed by atoms with van der Waals surface area (Å²) in [6.07, 6.45) is 3.51. The van der Waals surface area contributed by atoms with Crippen LogP contribution in [0.4, 0.5) is 0 Å². The number of rotatable bonds is 4. The monoisotopic (exact) mass is 241 g/mol. The summed E-state index contributed by atoms with van der Waals surface area (Å²) in [4.78, 5) is 0. The van der Waals surface area contributed by atoms with Gasteiger partial charge in [0.1, 0.15) is 5.82 Å². The lowest BCUT2D eigenvalue weighted by atomic mass is 10.1. The summed E-state index contributed by atoms with van der Waals surface area (Å²) in [6, 6.07) is 0. The predicted octanol–water partition coefficient (Wildman–Crippen LogP) is 2.32. The van der Waals surface area contributed by atoms with Gasteiger partial charge in [-0.1, -0.05) is 13.8 Å². The van der Waals surface area contributed by atoms with Crippen LogP contribution >= 0.6 is 12.2 Å². The zero-order valence-corrected chi connectivity index (χ0v) is 10.7. The van der Waals surface area contributed by atoms with Crippen molar-refractivity contribution in [1.29, 1.82) is 0 Å². The Kier molecular flexibility index (Phi) is 3.76. The lowest BCUT2D eigenvalue weighted by molar-refractivity contribution is 0.109. The number of hydrogen-bond acceptors (Lipinski definition) is 3.